The molecule has 6 N–H and O–H groups in total. The first kappa shape index (κ1) is 20.4. The van der Waals surface area contributed by atoms with Gasteiger partial charge >= 0.3 is 5.97 Å². The highest BCUT2D eigenvalue weighted by Crippen LogP contribution is 2.33. The molecule has 7 nitrogen and oxygen atoms in total. The van der Waals surface area contributed by atoms with E-state index in [9.17, 15) is 14.7 Å². The van der Waals surface area contributed by atoms with Crippen LogP contribution in [0.4, 0.5) is 0 Å². The van der Waals surface area contributed by atoms with E-state index in [0.717, 1.165) is 17.0 Å². The maximum absolute atomic E-state index is 11.5. The third-order valence-corrected chi connectivity index (χ3v) is 4.93. The molecule has 1 heterocycles. The van der Waals surface area contributed by atoms with Crippen LogP contribution in [-0.4, -0.2) is 26.7 Å². The number of benzene rings is 2. The number of carboxylic acids is 1. The average Bonchev–Trinajstić information content (AvgIpc) is 3.11. The van der Waals surface area contributed by atoms with Crippen LogP contribution in [0, 0.1) is 0 Å². The lowest BCUT2D eigenvalue weighted by Gasteiger charge is -2.18. The number of hydrogen-bond acceptors (Lipinski definition) is 4. The second-order valence-corrected chi connectivity index (χ2v) is 6.92. The largest absolute Gasteiger partial charge is 0.506 e. The van der Waals surface area contributed by atoms with E-state index in [-0.39, 0.29) is 23.7 Å². The van der Waals surface area contributed by atoms with Crippen molar-refractivity contribution in [2.45, 2.75) is 19.4 Å². The van der Waals surface area contributed by atoms with Gasteiger partial charge in [-0.1, -0.05) is 11.6 Å². The van der Waals surface area contributed by atoms with Crippen molar-refractivity contribution in [2.24, 2.45) is 11.5 Å². The molecule has 0 aliphatic carbocycles. The number of carboxylic acid groups (broad SMARTS) is 1. The van der Waals surface area contributed by atoms with Gasteiger partial charge in [0.05, 0.1) is 22.8 Å². The van der Waals surface area contributed by atoms with Crippen LogP contribution in [0.25, 0.3) is 16.9 Å². The van der Waals surface area contributed by atoms with Crippen molar-refractivity contribution < 1.29 is 19.8 Å². The number of halogens is 1. The molecule has 8 heteroatoms. The third-order valence-electron chi connectivity index (χ3n) is 4.62. The van der Waals surface area contributed by atoms with Crippen molar-refractivity contribution in [1.29, 1.82) is 0 Å². The molecular weight excluding hydrogens is 394 g/mol. The van der Waals surface area contributed by atoms with Crippen molar-refractivity contribution in [3.63, 3.8) is 0 Å². The minimum absolute atomic E-state index is 0.0342. The Labute approximate surface area is 172 Å². The molecule has 0 saturated carbocycles. The molecule has 0 unspecified atom stereocenters. The molecule has 0 aliphatic heterocycles. The number of aromatic hydroxyl groups is 1. The quantitative estimate of drug-likeness (QED) is 0.472. The Morgan fingerprint density at radius 1 is 1.07 bits per heavy atom. The van der Waals surface area contributed by atoms with Gasteiger partial charge in [0.25, 0.3) is 0 Å². The van der Waals surface area contributed by atoms with Gasteiger partial charge in [-0.05, 0) is 60.5 Å². The summed E-state index contributed by atoms with van der Waals surface area (Å²) in [6.45, 7) is 0.156. The van der Waals surface area contributed by atoms with E-state index in [4.69, 9.17) is 28.2 Å². The zero-order valence-electron chi connectivity index (χ0n) is 15.4. The van der Waals surface area contributed by atoms with Crippen LogP contribution in [-0.2, 0) is 17.8 Å². The first-order valence-electron chi connectivity index (χ1n) is 8.86. The van der Waals surface area contributed by atoms with E-state index in [1.54, 1.807) is 30.3 Å². The summed E-state index contributed by atoms with van der Waals surface area (Å²) in [5.74, 6) is -1.50. The van der Waals surface area contributed by atoms with E-state index in [1.807, 2.05) is 16.7 Å². The molecule has 2 aromatic carbocycles. The summed E-state index contributed by atoms with van der Waals surface area (Å²) in [6, 6.07) is 13.5. The normalized spacial score (nSPS) is 10.8. The van der Waals surface area contributed by atoms with Gasteiger partial charge in [-0.15, -0.1) is 0 Å². The topological polar surface area (TPSA) is 132 Å². The molecule has 0 bridgehead atoms. The summed E-state index contributed by atoms with van der Waals surface area (Å²) in [5, 5.41) is 19.0. The third kappa shape index (κ3) is 4.26. The fourth-order valence-electron chi connectivity index (χ4n) is 3.21. The summed E-state index contributed by atoms with van der Waals surface area (Å²) in [5.41, 5.74) is 15.3. The number of aliphatic carboxylic acids is 1. The van der Waals surface area contributed by atoms with Gasteiger partial charge in [-0.2, -0.15) is 0 Å². The molecule has 0 radical (unpaired) electrons. The van der Waals surface area contributed by atoms with Crippen molar-refractivity contribution in [2.75, 3.05) is 0 Å². The van der Waals surface area contributed by atoms with E-state index < -0.39 is 11.9 Å². The molecule has 29 heavy (non-hydrogen) atoms. The molecule has 0 fully saturated rings. The predicted molar refractivity (Wildman–Crippen MR) is 110 cm³/mol. The van der Waals surface area contributed by atoms with Crippen LogP contribution in [0.3, 0.4) is 0 Å². The Bertz CT molecular complexity index is 1090. The van der Waals surface area contributed by atoms with Gasteiger partial charge in [0.15, 0.2) is 0 Å². The van der Waals surface area contributed by atoms with Crippen LogP contribution < -0.4 is 11.5 Å². The first-order valence-corrected chi connectivity index (χ1v) is 9.24. The fourth-order valence-corrected chi connectivity index (χ4v) is 3.39. The molecular formula is C21H20ClN3O4. The zero-order valence-corrected chi connectivity index (χ0v) is 16.2. The minimum atomic E-state index is -0.907. The van der Waals surface area contributed by atoms with Crippen molar-refractivity contribution in [3.05, 3.63) is 70.4 Å². The predicted octanol–water partition coefficient (Wildman–Crippen LogP) is 3.08. The Balaban J connectivity index is 2.21. The molecule has 0 atom stereocenters. The number of carbonyl (C=O) groups excluding carboxylic acids is 1. The average molecular weight is 414 g/mol. The molecule has 1 amide bonds. The lowest BCUT2D eigenvalue weighted by atomic mass is 10.1. The van der Waals surface area contributed by atoms with Gasteiger partial charge in [0.2, 0.25) is 5.91 Å². The maximum Gasteiger partial charge on any atom is 0.303 e. The number of aryl methyl sites for hydroxylation is 1. The maximum atomic E-state index is 11.5. The van der Waals surface area contributed by atoms with Crippen LogP contribution >= 0.6 is 11.6 Å². The summed E-state index contributed by atoms with van der Waals surface area (Å²) in [6.07, 6.45) is 0.250. The summed E-state index contributed by atoms with van der Waals surface area (Å²) in [7, 11) is 0. The molecule has 0 spiro atoms. The highest BCUT2D eigenvalue weighted by atomic mass is 35.5. The Hall–Kier alpha value is -3.29. The van der Waals surface area contributed by atoms with Gasteiger partial charge in [0.1, 0.15) is 5.75 Å². The summed E-state index contributed by atoms with van der Waals surface area (Å²) >= 11 is 6.08. The SMILES string of the molecule is NCc1cc(C(N)=O)ccc1-n1c(CCC(=O)O)ccc1-c1ccc(O)c(Cl)c1. The summed E-state index contributed by atoms with van der Waals surface area (Å²) in [4.78, 5) is 22.6. The number of phenolic OH excluding ortho intramolecular Hbond substituents is 1. The number of carbonyl (C=O) groups is 2. The van der Waals surface area contributed by atoms with E-state index in [2.05, 4.69) is 0 Å². The highest BCUT2D eigenvalue weighted by molar-refractivity contribution is 6.32. The molecule has 1 aromatic heterocycles. The Kier molecular flexibility index (Phi) is 5.91. The number of nitrogens with zero attached hydrogens (tertiary/aromatic N) is 1. The molecule has 3 rings (SSSR count). The van der Waals surface area contributed by atoms with E-state index in [0.29, 0.717) is 23.2 Å². The molecule has 150 valence electrons. The summed E-state index contributed by atoms with van der Waals surface area (Å²) < 4.78 is 1.89. The van der Waals surface area contributed by atoms with Crippen LogP contribution in [0.5, 0.6) is 5.75 Å². The highest BCUT2D eigenvalue weighted by Gasteiger charge is 2.17. The van der Waals surface area contributed by atoms with Gasteiger partial charge in [0, 0.05) is 23.4 Å². The molecule has 3 aromatic rings. The standard InChI is InChI=1S/C21H20ClN3O4/c22-16-10-12(2-7-19(16)26)17-6-3-15(4-8-20(27)28)25(17)18-5-1-13(21(24)29)9-14(18)11-23/h1-3,5-7,9-10,26H,4,8,11,23H2,(H2,24,29)(H,27,28). The second kappa shape index (κ2) is 8.38. The van der Waals surface area contributed by atoms with E-state index >= 15 is 0 Å². The number of hydrogen-bond donors (Lipinski definition) is 4. The lowest BCUT2D eigenvalue weighted by molar-refractivity contribution is -0.136. The van der Waals surface area contributed by atoms with Gasteiger partial charge in [-0.25, -0.2) is 0 Å². The smallest absolute Gasteiger partial charge is 0.303 e. The van der Waals surface area contributed by atoms with Gasteiger partial charge < -0.3 is 26.2 Å². The van der Waals surface area contributed by atoms with Crippen LogP contribution in [0.15, 0.2) is 48.5 Å². The van der Waals surface area contributed by atoms with Crippen molar-refractivity contribution >= 4 is 23.5 Å². The Morgan fingerprint density at radius 3 is 2.45 bits per heavy atom. The number of nitrogens with two attached hydrogens (primary N) is 2. The van der Waals surface area contributed by atoms with E-state index in [1.165, 1.54) is 6.07 Å². The number of aromatic nitrogens is 1. The number of primary amides is 1. The first-order chi connectivity index (χ1) is 13.8. The second-order valence-electron chi connectivity index (χ2n) is 6.52. The van der Waals surface area contributed by atoms with Crippen molar-refractivity contribution in [3.8, 4) is 22.7 Å². The number of amides is 1. The zero-order chi connectivity index (χ0) is 21.1. The minimum Gasteiger partial charge on any atom is -0.506 e. The monoisotopic (exact) mass is 413 g/mol. The van der Waals surface area contributed by atoms with Crippen molar-refractivity contribution in [1.82, 2.24) is 4.57 Å². The number of rotatable bonds is 7. The molecule has 0 aliphatic rings. The van der Waals surface area contributed by atoms with Gasteiger partial charge in [-0.3, -0.25) is 9.59 Å². The Morgan fingerprint density at radius 2 is 1.83 bits per heavy atom. The van der Waals surface area contributed by atoms with Crippen LogP contribution in [0.1, 0.15) is 28.0 Å². The van der Waals surface area contributed by atoms with Crippen LogP contribution in [0.2, 0.25) is 5.02 Å². The number of phenols is 1. The lowest BCUT2D eigenvalue weighted by Crippen LogP contribution is -2.14. The molecule has 0 saturated heterocycles. The fraction of sp³-hybridized carbons (Fsp3) is 0.143.